The number of anilines is 1. The first-order valence-corrected chi connectivity index (χ1v) is 10.5. The average molecular weight is 416 g/mol. The lowest BCUT2D eigenvalue weighted by Gasteiger charge is -2.27. The average Bonchev–Trinajstić information content (AvgIpc) is 3.07. The minimum Gasteiger partial charge on any atom is -0.396 e. The van der Waals surface area contributed by atoms with E-state index in [4.69, 9.17) is 25.3 Å². The van der Waals surface area contributed by atoms with Gasteiger partial charge in [-0.15, -0.1) is 0 Å². The molecule has 0 saturated carbocycles. The van der Waals surface area contributed by atoms with E-state index in [9.17, 15) is 0 Å². The summed E-state index contributed by atoms with van der Waals surface area (Å²) in [6.45, 7) is 10.0. The zero-order valence-corrected chi connectivity index (χ0v) is 18.1. The van der Waals surface area contributed by atoms with Gasteiger partial charge in [-0.1, -0.05) is 18.2 Å². The maximum absolute atomic E-state index is 8.86. The number of hydrogen-bond acceptors (Lipinski definition) is 7. The van der Waals surface area contributed by atoms with Crippen molar-refractivity contribution in [3.8, 4) is 0 Å². The third-order valence-corrected chi connectivity index (χ3v) is 4.95. The molecule has 0 unspecified atom stereocenters. The normalized spacial score (nSPS) is 12.3. The Kier molecular flexibility index (Phi) is 7.60. The smallest absolute Gasteiger partial charge is 0.152 e. The minimum atomic E-state index is -0.424. The summed E-state index contributed by atoms with van der Waals surface area (Å²) in [5, 5.41) is 13.1. The predicted molar refractivity (Wildman–Crippen MR) is 119 cm³/mol. The largest absolute Gasteiger partial charge is 0.396 e. The first-order valence-electron chi connectivity index (χ1n) is 10.5. The zero-order chi connectivity index (χ0) is 21.6. The lowest BCUT2D eigenvalue weighted by Crippen LogP contribution is -2.34. The molecule has 0 aliphatic carbocycles. The molecule has 0 amide bonds. The first-order chi connectivity index (χ1) is 14.5. The number of nitrogens with zero attached hydrogens (tertiary/aromatic N) is 3. The van der Waals surface area contributed by atoms with Gasteiger partial charge in [-0.05, 0) is 39.8 Å². The fraction of sp³-hybridized carbons (Fsp3) is 0.545. The quantitative estimate of drug-likeness (QED) is 0.390. The summed E-state index contributed by atoms with van der Waals surface area (Å²) in [6.07, 6.45) is 0.744. The van der Waals surface area contributed by atoms with Crippen LogP contribution in [0.1, 0.15) is 33.0 Å². The number of benzene rings is 1. The fourth-order valence-corrected chi connectivity index (χ4v) is 3.53. The van der Waals surface area contributed by atoms with Crippen LogP contribution >= 0.6 is 0 Å². The molecule has 164 valence electrons. The van der Waals surface area contributed by atoms with Crippen LogP contribution in [0.5, 0.6) is 0 Å². The topological polar surface area (TPSA) is 107 Å². The number of nitrogen functional groups attached to an aromatic ring is 1. The molecule has 30 heavy (non-hydrogen) atoms. The van der Waals surface area contributed by atoms with Gasteiger partial charge in [0.05, 0.1) is 29.8 Å². The van der Waals surface area contributed by atoms with Crippen molar-refractivity contribution in [2.24, 2.45) is 0 Å². The number of aromatic nitrogens is 3. The first kappa shape index (κ1) is 22.4. The second kappa shape index (κ2) is 10.2. The van der Waals surface area contributed by atoms with Gasteiger partial charge in [-0.3, -0.25) is 0 Å². The Morgan fingerprint density at radius 1 is 1.20 bits per heavy atom. The van der Waals surface area contributed by atoms with E-state index in [0.29, 0.717) is 37.7 Å². The monoisotopic (exact) mass is 415 g/mol. The highest BCUT2D eigenvalue weighted by molar-refractivity contribution is 6.06. The number of para-hydroxylation sites is 1. The Morgan fingerprint density at radius 2 is 2.00 bits per heavy atom. The van der Waals surface area contributed by atoms with Crippen molar-refractivity contribution in [3.63, 3.8) is 0 Å². The second-order valence-corrected chi connectivity index (χ2v) is 7.90. The Hall–Kier alpha value is -2.26. The number of nitrogens with two attached hydrogens (primary N) is 1. The number of pyridine rings is 1. The van der Waals surface area contributed by atoms with Gasteiger partial charge in [-0.2, -0.15) is 0 Å². The molecule has 0 spiro atoms. The number of fused-ring (bicyclic) bond motifs is 3. The lowest BCUT2D eigenvalue weighted by molar-refractivity contribution is -0.0281. The van der Waals surface area contributed by atoms with Gasteiger partial charge in [0.2, 0.25) is 0 Å². The highest BCUT2D eigenvalue weighted by Gasteiger charge is 2.25. The minimum absolute atomic E-state index is 0.196. The molecule has 0 aliphatic heterocycles. The van der Waals surface area contributed by atoms with Gasteiger partial charge < -0.3 is 30.2 Å². The summed E-state index contributed by atoms with van der Waals surface area (Å²) in [5.41, 5.74) is 8.33. The van der Waals surface area contributed by atoms with E-state index in [1.807, 2.05) is 31.2 Å². The number of nitrogens with one attached hydrogen (secondary N) is 1. The van der Waals surface area contributed by atoms with Crippen molar-refractivity contribution in [2.45, 2.75) is 45.9 Å². The summed E-state index contributed by atoms with van der Waals surface area (Å²) in [7, 11) is 0. The van der Waals surface area contributed by atoms with Crippen LogP contribution in [0.3, 0.4) is 0 Å². The van der Waals surface area contributed by atoms with Gasteiger partial charge in [0, 0.05) is 25.1 Å². The van der Waals surface area contributed by atoms with Crippen molar-refractivity contribution in [1.29, 1.82) is 0 Å². The molecule has 4 N–H and O–H groups in total. The summed E-state index contributed by atoms with van der Waals surface area (Å²) < 4.78 is 14.0. The third-order valence-electron chi connectivity index (χ3n) is 4.95. The van der Waals surface area contributed by atoms with Crippen molar-refractivity contribution < 1.29 is 14.6 Å². The molecular formula is C22H33N5O3. The Labute approximate surface area is 177 Å². The van der Waals surface area contributed by atoms with Crippen LogP contribution in [0.25, 0.3) is 21.9 Å². The molecular weight excluding hydrogens is 382 g/mol. The van der Waals surface area contributed by atoms with E-state index in [-0.39, 0.29) is 6.61 Å². The second-order valence-electron chi connectivity index (χ2n) is 7.90. The molecule has 3 aromatic rings. The van der Waals surface area contributed by atoms with Crippen LogP contribution in [0.2, 0.25) is 0 Å². The molecule has 0 bridgehead atoms. The maximum Gasteiger partial charge on any atom is 0.152 e. The summed E-state index contributed by atoms with van der Waals surface area (Å²) in [4.78, 5) is 9.30. The molecule has 2 aromatic heterocycles. The number of aliphatic hydroxyl groups is 1. The predicted octanol–water partition coefficient (Wildman–Crippen LogP) is 2.47. The molecule has 0 atom stereocenters. The number of hydrogen-bond donors (Lipinski definition) is 3. The van der Waals surface area contributed by atoms with Crippen molar-refractivity contribution in [1.82, 2.24) is 19.9 Å². The Morgan fingerprint density at radius 3 is 2.77 bits per heavy atom. The number of aliphatic hydroxyl groups excluding tert-OH is 1. The van der Waals surface area contributed by atoms with Gasteiger partial charge in [0.1, 0.15) is 17.9 Å². The highest BCUT2D eigenvalue weighted by atomic mass is 16.5. The lowest BCUT2D eigenvalue weighted by atomic mass is 10.1. The van der Waals surface area contributed by atoms with Crippen LogP contribution in [0, 0.1) is 0 Å². The molecule has 0 aliphatic rings. The molecule has 0 radical (unpaired) electrons. The van der Waals surface area contributed by atoms with E-state index < -0.39 is 5.60 Å². The van der Waals surface area contributed by atoms with Crippen LogP contribution in [-0.4, -0.2) is 58.2 Å². The molecule has 2 heterocycles. The maximum atomic E-state index is 8.86. The van der Waals surface area contributed by atoms with Crippen molar-refractivity contribution in [2.75, 3.05) is 38.6 Å². The van der Waals surface area contributed by atoms with Crippen LogP contribution < -0.4 is 11.1 Å². The number of imidazole rings is 1. The van der Waals surface area contributed by atoms with Crippen molar-refractivity contribution >= 4 is 27.8 Å². The molecule has 1 aromatic carbocycles. The SMILES string of the molecule is CCOCc1nc2c(N)nc3ccccc3c2n1CC(C)(C)OCCNCCCO. The van der Waals surface area contributed by atoms with Crippen LogP contribution in [-0.2, 0) is 22.6 Å². The van der Waals surface area contributed by atoms with Gasteiger partial charge in [-0.25, -0.2) is 9.97 Å². The fourth-order valence-electron chi connectivity index (χ4n) is 3.53. The Balaban J connectivity index is 1.90. The summed E-state index contributed by atoms with van der Waals surface area (Å²) >= 11 is 0. The van der Waals surface area contributed by atoms with Crippen molar-refractivity contribution in [3.05, 3.63) is 30.1 Å². The summed E-state index contributed by atoms with van der Waals surface area (Å²) in [6, 6.07) is 7.97. The van der Waals surface area contributed by atoms with Gasteiger partial charge in [0.25, 0.3) is 0 Å². The molecule has 8 nitrogen and oxygen atoms in total. The number of rotatable bonds is 12. The zero-order valence-electron chi connectivity index (χ0n) is 18.1. The molecule has 8 heteroatoms. The summed E-state index contributed by atoms with van der Waals surface area (Å²) in [5.74, 6) is 1.24. The standard InChI is InChI=1S/C22H33N5O3/c1-4-29-14-18-26-19-20(16-8-5-6-9-17(16)25-21(19)23)27(18)15-22(2,3)30-13-11-24-10-7-12-28/h5-6,8-9,24,28H,4,7,10-15H2,1-3H3,(H2,23,25). The van der Waals surface area contributed by atoms with Crippen LogP contribution in [0.4, 0.5) is 5.82 Å². The number of ether oxygens (including phenoxy) is 2. The van der Waals surface area contributed by atoms with E-state index in [2.05, 4.69) is 28.7 Å². The van der Waals surface area contributed by atoms with Crippen LogP contribution in [0.15, 0.2) is 24.3 Å². The van der Waals surface area contributed by atoms with Gasteiger partial charge >= 0.3 is 0 Å². The van der Waals surface area contributed by atoms with E-state index >= 15 is 0 Å². The van der Waals surface area contributed by atoms with Gasteiger partial charge in [0.15, 0.2) is 5.82 Å². The third kappa shape index (κ3) is 5.26. The van der Waals surface area contributed by atoms with E-state index in [0.717, 1.165) is 41.8 Å². The molecule has 0 saturated heterocycles. The highest BCUT2D eigenvalue weighted by Crippen LogP contribution is 2.30. The Bertz CT molecular complexity index is 970. The van der Waals surface area contributed by atoms with E-state index in [1.165, 1.54) is 0 Å². The molecule has 3 rings (SSSR count). The van der Waals surface area contributed by atoms with E-state index in [1.54, 1.807) is 0 Å². The molecule has 0 fully saturated rings.